The molecule has 0 bridgehead atoms. The molecule has 2 heterocycles. The summed E-state index contributed by atoms with van der Waals surface area (Å²) in [4.78, 5) is 31.1. The molecule has 0 saturated heterocycles. The number of likely N-dealkylation sites (N-methyl/N-ethyl adjacent to an activating group) is 1. The van der Waals surface area contributed by atoms with Crippen molar-refractivity contribution in [1.29, 1.82) is 0 Å². The number of ether oxygens (including phenoxy) is 1. The number of halogens is 1. The van der Waals surface area contributed by atoms with E-state index in [2.05, 4.69) is 10.1 Å². The lowest BCUT2D eigenvalue weighted by molar-refractivity contribution is -0.130. The standard InChI is InChI=1S/C22H20FN5O3/c1-26(11-12-31-19-10-6-5-9-18(19)23)20(29)14-27-15-24-21-17(22(27)30)13-25-28(21)16-7-3-2-4-8-16/h2-10,13,15H,11-12,14H2,1H3. The molecule has 0 aliphatic carbocycles. The molecule has 2 aromatic heterocycles. The maximum atomic E-state index is 13.6. The predicted octanol–water partition coefficient (Wildman–Crippen LogP) is 2.26. The number of amides is 1. The van der Waals surface area contributed by atoms with Crippen LogP contribution in [0.1, 0.15) is 0 Å². The molecule has 2 aromatic carbocycles. The first-order valence-electron chi connectivity index (χ1n) is 9.64. The molecule has 0 unspecified atom stereocenters. The summed E-state index contributed by atoms with van der Waals surface area (Å²) in [5, 5.41) is 4.58. The Morgan fingerprint density at radius 3 is 2.65 bits per heavy atom. The van der Waals surface area contributed by atoms with E-state index in [1.807, 2.05) is 30.3 Å². The molecule has 8 nitrogen and oxygen atoms in total. The lowest BCUT2D eigenvalue weighted by Gasteiger charge is -2.18. The predicted molar refractivity (Wildman–Crippen MR) is 113 cm³/mol. The van der Waals surface area contributed by atoms with Gasteiger partial charge in [-0.1, -0.05) is 30.3 Å². The minimum Gasteiger partial charge on any atom is -0.489 e. The molecule has 1 amide bonds. The highest BCUT2D eigenvalue weighted by atomic mass is 19.1. The molecule has 0 N–H and O–H groups in total. The molecule has 158 valence electrons. The second kappa shape index (κ2) is 8.78. The topological polar surface area (TPSA) is 82.2 Å². The van der Waals surface area contributed by atoms with Crippen molar-refractivity contribution in [2.45, 2.75) is 6.54 Å². The molecule has 4 rings (SSSR count). The maximum absolute atomic E-state index is 13.6. The van der Waals surface area contributed by atoms with Gasteiger partial charge in [-0.2, -0.15) is 5.10 Å². The molecule has 4 aromatic rings. The van der Waals surface area contributed by atoms with Crippen molar-refractivity contribution in [1.82, 2.24) is 24.2 Å². The molecular formula is C22H20FN5O3. The third-order valence-electron chi connectivity index (χ3n) is 4.81. The molecule has 0 atom stereocenters. The highest BCUT2D eigenvalue weighted by Crippen LogP contribution is 2.15. The zero-order valence-electron chi connectivity index (χ0n) is 16.8. The van der Waals surface area contributed by atoms with Gasteiger partial charge in [0.25, 0.3) is 5.56 Å². The van der Waals surface area contributed by atoms with Crippen LogP contribution in [0.2, 0.25) is 0 Å². The Morgan fingerprint density at radius 1 is 1.13 bits per heavy atom. The van der Waals surface area contributed by atoms with Crippen LogP contribution >= 0.6 is 0 Å². The van der Waals surface area contributed by atoms with E-state index in [0.717, 1.165) is 5.69 Å². The van der Waals surface area contributed by atoms with Crippen molar-refractivity contribution in [2.24, 2.45) is 0 Å². The van der Waals surface area contributed by atoms with Gasteiger partial charge in [0.05, 0.1) is 18.4 Å². The Kier molecular flexibility index (Phi) is 5.74. The fourth-order valence-corrected chi connectivity index (χ4v) is 3.06. The molecule has 9 heteroatoms. The molecule has 31 heavy (non-hydrogen) atoms. The zero-order valence-corrected chi connectivity index (χ0v) is 16.8. The van der Waals surface area contributed by atoms with Crippen LogP contribution in [-0.4, -0.2) is 50.3 Å². The number of rotatable bonds is 7. The first-order chi connectivity index (χ1) is 15.0. The Morgan fingerprint density at radius 2 is 1.87 bits per heavy atom. The Balaban J connectivity index is 1.43. The lowest BCUT2D eigenvalue weighted by atomic mass is 10.3. The lowest BCUT2D eigenvalue weighted by Crippen LogP contribution is -2.36. The van der Waals surface area contributed by atoms with Crippen molar-refractivity contribution in [3.63, 3.8) is 0 Å². The Hall–Kier alpha value is -4.01. The van der Waals surface area contributed by atoms with E-state index in [1.165, 1.54) is 34.1 Å². The second-order valence-electron chi connectivity index (χ2n) is 6.90. The van der Waals surface area contributed by atoms with Crippen molar-refractivity contribution in [3.8, 4) is 11.4 Å². The van der Waals surface area contributed by atoms with Gasteiger partial charge in [-0.05, 0) is 24.3 Å². The van der Waals surface area contributed by atoms with Gasteiger partial charge in [0.15, 0.2) is 17.2 Å². The number of hydrogen-bond donors (Lipinski definition) is 0. The summed E-state index contributed by atoms with van der Waals surface area (Å²) in [5.74, 6) is -0.626. The van der Waals surface area contributed by atoms with Crippen molar-refractivity contribution in [2.75, 3.05) is 20.2 Å². The summed E-state index contributed by atoms with van der Waals surface area (Å²) in [6.45, 7) is 0.192. The summed E-state index contributed by atoms with van der Waals surface area (Å²) < 4.78 is 21.8. The number of carbonyl (C=O) groups is 1. The molecule has 0 fully saturated rings. The summed E-state index contributed by atoms with van der Waals surface area (Å²) in [5.41, 5.74) is 0.857. The minimum absolute atomic E-state index is 0.124. The van der Waals surface area contributed by atoms with Gasteiger partial charge < -0.3 is 9.64 Å². The van der Waals surface area contributed by atoms with E-state index >= 15 is 0 Å². The van der Waals surface area contributed by atoms with Gasteiger partial charge in [-0.15, -0.1) is 0 Å². The second-order valence-corrected chi connectivity index (χ2v) is 6.90. The van der Waals surface area contributed by atoms with Gasteiger partial charge in [-0.25, -0.2) is 14.1 Å². The van der Waals surface area contributed by atoms with Crippen LogP contribution in [0, 0.1) is 5.82 Å². The average Bonchev–Trinajstić information content (AvgIpc) is 3.22. The summed E-state index contributed by atoms with van der Waals surface area (Å²) in [6, 6.07) is 15.4. The minimum atomic E-state index is -0.460. The van der Waals surface area contributed by atoms with Crippen LogP contribution in [-0.2, 0) is 11.3 Å². The van der Waals surface area contributed by atoms with E-state index in [-0.39, 0.29) is 36.9 Å². The molecule has 0 aliphatic rings. The fraction of sp³-hybridized carbons (Fsp3) is 0.182. The third-order valence-corrected chi connectivity index (χ3v) is 4.81. The Bertz CT molecular complexity index is 1270. The highest BCUT2D eigenvalue weighted by molar-refractivity contribution is 5.77. The van der Waals surface area contributed by atoms with Crippen LogP contribution < -0.4 is 10.3 Å². The first kappa shape index (κ1) is 20.3. The van der Waals surface area contributed by atoms with Crippen LogP contribution in [0.4, 0.5) is 4.39 Å². The van der Waals surface area contributed by atoms with Crippen molar-refractivity contribution in [3.05, 3.63) is 83.3 Å². The number of nitrogens with zero attached hydrogens (tertiary/aromatic N) is 5. The Labute approximate surface area is 177 Å². The number of aromatic nitrogens is 4. The quantitative estimate of drug-likeness (QED) is 0.457. The number of fused-ring (bicyclic) bond motifs is 1. The van der Waals surface area contributed by atoms with Crippen molar-refractivity contribution >= 4 is 16.9 Å². The van der Waals surface area contributed by atoms with E-state index in [0.29, 0.717) is 11.0 Å². The summed E-state index contributed by atoms with van der Waals surface area (Å²) >= 11 is 0. The molecule has 0 radical (unpaired) electrons. The highest BCUT2D eigenvalue weighted by Gasteiger charge is 2.15. The zero-order chi connectivity index (χ0) is 21.8. The normalized spacial score (nSPS) is 10.9. The fourth-order valence-electron chi connectivity index (χ4n) is 3.06. The molecular weight excluding hydrogens is 401 g/mol. The summed E-state index contributed by atoms with van der Waals surface area (Å²) in [6.07, 6.45) is 2.79. The maximum Gasteiger partial charge on any atom is 0.264 e. The van der Waals surface area contributed by atoms with Gasteiger partial charge in [0.1, 0.15) is 24.9 Å². The van der Waals surface area contributed by atoms with Gasteiger partial charge in [0, 0.05) is 7.05 Å². The SMILES string of the molecule is CN(CCOc1ccccc1F)C(=O)Cn1cnc2c(cnn2-c2ccccc2)c1=O. The van der Waals surface area contributed by atoms with E-state index in [9.17, 15) is 14.0 Å². The number of benzene rings is 2. The van der Waals surface area contributed by atoms with Crippen LogP contribution in [0.25, 0.3) is 16.7 Å². The molecule has 0 saturated carbocycles. The summed E-state index contributed by atoms with van der Waals surface area (Å²) in [7, 11) is 1.59. The number of hydrogen-bond acceptors (Lipinski definition) is 5. The average molecular weight is 421 g/mol. The first-order valence-corrected chi connectivity index (χ1v) is 9.64. The molecule has 0 spiro atoms. The largest absolute Gasteiger partial charge is 0.489 e. The van der Waals surface area contributed by atoms with Crippen LogP contribution in [0.15, 0.2) is 71.9 Å². The molecule has 0 aliphatic heterocycles. The van der Waals surface area contributed by atoms with E-state index in [4.69, 9.17) is 4.74 Å². The smallest absolute Gasteiger partial charge is 0.264 e. The van der Waals surface area contributed by atoms with Gasteiger partial charge in [-0.3, -0.25) is 14.2 Å². The van der Waals surface area contributed by atoms with E-state index in [1.54, 1.807) is 23.9 Å². The number of carbonyl (C=O) groups excluding carboxylic acids is 1. The number of para-hydroxylation sites is 2. The van der Waals surface area contributed by atoms with Gasteiger partial charge >= 0.3 is 0 Å². The van der Waals surface area contributed by atoms with Crippen LogP contribution in [0.5, 0.6) is 5.75 Å². The third kappa shape index (κ3) is 4.30. The monoisotopic (exact) mass is 421 g/mol. The van der Waals surface area contributed by atoms with Gasteiger partial charge in [0.2, 0.25) is 5.91 Å². The van der Waals surface area contributed by atoms with E-state index < -0.39 is 5.82 Å². The van der Waals surface area contributed by atoms with Crippen LogP contribution in [0.3, 0.4) is 0 Å². The van der Waals surface area contributed by atoms with Crippen molar-refractivity contribution < 1.29 is 13.9 Å².